The molecule has 0 aliphatic carbocycles. The molecule has 13 rings (SSSR count). The fraction of sp³-hybridized carbons (Fsp3) is 0. The molecule has 0 spiro atoms. The minimum atomic E-state index is 1.06. The summed E-state index contributed by atoms with van der Waals surface area (Å²) in [7, 11) is 0. The van der Waals surface area contributed by atoms with Crippen molar-refractivity contribution in [2.24, 2.45) is 0 Å². The summed E-state index contributed by atoms with van der Waals surface area (Å²) in [6, 6.07) is 95.0. The quantitative estimate of drug-likeness (QED) is 0.148. The van der Waals surface area contributed by atoms with Crippen LogP contribution < -0.4 is 4.90 Å². The van der Waals surface area contributed by atoms with Crippen molar-refractivity contribution in [2.45, 2.75) is 0 Å². The van der Waals surface area contributed by atoms with E-state index in [1.165, 1.54) is 82.2 Å². The van der Waals surface area contributed by atoms with Crippen molar-refractivity contribution in [1.29, 1.82) is 0 Å². The molecule has 0 saturated carbocycles. The van der Waals surface area contributed by atoms with Crippen molar-refractivity contribution in [1.82, 2.24) is 9.13 Å². The molecule has 0 saturated heterocycles. The molecular weight excluding hydrogens is 811 g/mol. The van der Waals surface area contributed by atoms with Gasteiger partial charge in [0.1, 0.15) is 0 Å². The lowest BCUT2D eigenvalue weighted by atomic mass is 9.90. The summed E-state index contributed by atoms with van der Waals surface area (Å²) in [6.45, 7) is 0. The van der Waals surface area contributed by atoms with Crippen molar-refractivity contribution in [3.05, 3.63) is 261 Å². The molecule has 0 amide bonds. The third kappa shape index (κ3) is 6.43. The van der Waals surface area contributed by atoms with Crippen LogP contribution in [0.1, 0.15) is 0 Å². The zero-order valence-electron chi connectivity index (χ0n) is 36.7. The topological polar surface area (TPSA) is 13.1 Å². The number of fused-ring (bicyclic) bond motifs is 7. The van der Waals surface area contributed by atoms with Crippen LogP contribution in [0.5, 0.6) is 0 Å². The first-order valence-corrected chi connectivity index (χ1v) is 23.0. The van der Waals surface area contributed by atoms with E-state index in [4.69, 9.17) is 0 Å². The Morgan fingerprint density at radius 2 is 0.716 bits per heavy atom. The summed E-state index contributed by atoms with van der Waals surface area (Å²) in [5.74, 6) is 0. The molecular formula is C64H43N3. The molecule has 0 aliphatic heterocycles. The molecule has 0 N–H and O–H groups in total. The number of anilines is 3. The molecule has 0 aliphatic rings. The van der Waals surface area contributed by atoms with Crippen LogP contribution >= 0.6 is 0 Å². The second-order valence-corrected chi connectivity index (χ2v) is 17.3. The van der Waals surface area contributed by atoms with Crippen molar-refractivity contribution in [2.75, 3.05) is 4.90 Å². The Labute approximate surface area is 389 Å². The molecule has 3 nitrogen and oxygen atoms in total. The van der Waals surface area contributed by atoms with Gasteiger partial charge < -0.3 is 14.0 Å². The van der Waals surface area contributed by atoms with E-state index in [0.717, 1.165) is 34.0 Å². The minimum Gasteiger partial charge on any atom is -0.310 e. The third-order valence-electron chi connectivity index (χ3n) is 13.5. The number of benzene rings is 11. The zero-order chi connectivity index (χ0) is 44.3. The molecule has 0 bridgehead atoms. The maximum absolute atomic E-state index is 2.43. The summed E-state index contributed by atoms with van der Waals surface area (Å²) in [4.78, 5) is 2.43. The molecule has 67 heavy (non-hydrogen) atoms. The first-order valence-electron chi connectivity index (χ1n) is 23.0. The highest BCUT2D eigenvalue weighted by Crippen LogP contribution is 2.46. The number of hydrogen-bond donors (Lipinski definition) is 0. The van der Waals surface area contributed by atoms with Crippen LogP contribution in [-0.2, 0) is 0 Å². The predicted molar refractivity (Wildman–Crippen MR) is 284 cm³/mol. The Morgan fingerprint density at radius 1 is 0.269 bits per heavy atom. The first kappa shape index (κ1) is 38.5. The zero-order valence-corrected chi connectivity index (χ0v) is 36.7. The van der Waals surface area contributed by atoms with E-state index in [0.29, 0.717) is 0 Å². The highest BCUT2D eigenvalue weighted by molar-refractivity contribution is 6.12. The number of hydrogen-bond acceptors (Lipinski definition) is 1. The van der Waals surface area contributed by atoms with E-state index in [1.54, 1.807) is 0 Å². The Balaban J connectivity index is 1.000. The van der Waals surface area contributed by atoms with Crippen LogP contribution in [0.15, 0.2) is 261 Å². The van der Waals surface area contributed by atoms with Crippen molar-refractivity contribution in [3.8, 4) is 44.8 Å². The normalized spacial score (nSPS) is 11.6. The largest absolute Gasteiger partial charge is 0.310 e. The van der Waals surface area contributed by atoms with E-state index in [9.17, 15) is 0 Å². The van der Waals surface area contributed by atoms with E-state index in [1.807, 2.05) is 0 Å². The summed E-state index contributed by atoms with van der Waals surface area (Å²) >= 11 is 0. The lowest BCUT2D eigenvalue weighted by molar-refractivity contribution is 1.17. The van der Waals surface area contributed by atoms with Crippen LogP contribution in [0, 0.1) is 0 Å². The smallest absolute Gasteiger partial charge is 0.0547 e. The Hall–Kier alpha value is -8.92. The van der Waals surface area contributed by atoms with Gasteiger partial charge in [0.25, 0.3) is 0 Å². The van der Waals surface area contributed by atoms with Gasteiger partial charge in [-0.1, -0.05) is 182 Å². The Morgan fingerprint density at radius 3 is 1.30 bits per heavy atom. The molecule has 0 unspecified atom stereocenters. The molecule has 314 valence electrons. The second kappa shape index (κ2) is 16.0. The summed E-state index contributed by atoms with van der Waals surface area (Å²) in [6.07, 6.45) is 0. The molecule has 3 heteroatoms. The highest BCUT2D eigenvalue weighted by atomic mass is 15.1. The number of nitrogens with zero attached hydrogens (tertiary/aromatic N) is 3. The fourth-order valence-electron chi connectivity index (χ4n) is 10.5. The van der Waals surface area contributed by atoms with E-state index < -0.39 is 0 Å². The summed E-state index contributed by atoms with van der Waals surface area (Å²) < 4.78 is 4.80. The van der Waals surface area contributed by atoms with E-state index in [2.05, 4.69) is 275 Å². The molecule has 13 aromatic rings. The SMILES string of the molecule is c1ccc(-c2ccc3c4ccccc4n(-c4ccc(N(c5ccc(-n6c7ccccc7c7ccccc76)cc5)c5ccccc5-c5cccc6cccc(-c7ccccc7)c56)cc4)c3c2)cc1. The minimum absolute atomic E-state index is 1.06. The third-order valence-corrected chi connectivity index (χ3v) is 13.5. The maximum Gasteiger partial charge on any atom is 0.0547 e. The number of aromatic nitrogens is 2. The van der Waals surface area contributed by atoms with Gasteiger partial charge >= 0.3 is 0 Å². The first-order chi connectivity index (χ1) is 33.3. The van der Waals surface area contributed by atoms with Gasteiger partial charge in [-0.25, -0.2) is 0 Å². The van der Waals surface area contributed by atoms with Gasteiger partial charge in [-0.05, 0) is 117 Å². The van der Waals surface area contributed by atoms with Crippen LogP contribution in [0.4, 0.5) is 17.1 Å². The lowest BCUT2D eigenvalue weighted by Crippen LogP contribution is -2.11. The van der Waals surface area contributed by atoms with Crippen LogP contribution in [0.2, 0.25) is 0 Å². The predicted octanol–water partition coefficient (Wildman–Crippen LogP) is 17.5. The standard InChI is InChI=1S/C64H43N3/c1-3-17-44(18-4-1)47-33-42-57-55-25-9-14-32-62(55)67(63(57)43-47)51-40-36-49(37-41-51)65(48-34-38-50(39-35-48)66-60-30-12-7-23-53(60)54-24-8-13-31-61(54)66)59-29-11-10-26-56(59)58-28-16-22-46-21-15-27-52(64(46)58)45-19-5-2-6-20-45/h1-43H. The van der Waals surface area contributed by atoms with Crippen LogP contribution in [0.3, 0.4) is 0 Å². The van der Waals surface area contributed by atoms with Gasteiger partial charge in [-0.2, -0.15) is 0 Å². The molecule has 0 atom stereocenters. The van der Waals surface area contributed by atoms with Gasteiger partial charge in [0, 0.05) is 49.9 Å². The van der Waals surface area contributed by atoms with Gasteiger partial charge in [0.05, 0.1) is 27.8 Å². The molecule has 2 aromatic heterocycles. The van der Waals surface area contributed by atoms with Gasteiger partial charge in [0.15, 0.2) is 0 Å². The Bertz CT molecular complexity index is 3900. The van der Waals surface area contributed by atoms with Crippen molar-refractivity contribution >= 4 is 71.4 Å². The second-order valence-electron chi connectivity index (χ2n) is 17.3. The highest BCUT2D eigenvalue weighted by Gasteiger charge is 2.21. The average Bonchev–Trinajstić information content (AvgIpc) is 3.92. The molecule has 0 radical (unpaired) electrons. The van der Waals surface area contributed by atoms with Gasteiger partial charge in [0.2, 0.25) is 0 Å². The van der Waals surface area contributed by atoms with E-state index >= 15 is 0 Å². The Kier molecular flexibility index (Phi) is 9.17. The number of rotatable bonds is 8. The lowest BCUT2D eigenvalue weighted by Gasteiger charge is -2.29. The van der Waals surface area contributed by atoms with Crippen LogP contribution in [0.25, 0.3) is 99.1 Å². The average molecular weight is 854 g/mol. The van der Waals surface area contributed by atoms with Gasteiger partial charge in [-0.3, -0.25) is 0 Å². The monoisotopic (exact) mass is 853 g/mol. The summed E-state index contributed by atoms with van der Waals surface area (Å²) in [5.41, 5.74) is 17.4. The van der Waals surface area contributed by atoms with E-state index in [-0.39, 0.29) is 0 Å². The fourth-order valence-corrected chi connectivity index (χ4v) is 10.5. The molecule has 11 aromatic carbocycles. The van der Waals surface area contributed by atoms with Gasteiger partial charge in [-0.15, -0.1) is 0 Å². The van der Waals surface area contributed by atoms with Crippen molar-refractivity contribution < 1.29 is 0 Å². The molecule has 2 heterocycles. The summed E-state index contributed by atoms with van der Waals surface area (Å²) in [5, 5.41) is 7.43. The van der Waals surface area contributed by atoms with Crippen molar-refractivity contribution in [3.63, 3.8) is 0 Å². The molecule has 0 fully saturated rings. The maximum atomic E-state index is 2.43. The van der Waals surface area contributed by atoms with Crippen LogP contribution in [-0.4, -0.2) is 9.13 Å². The number of para-hydroxylation sites is 4.